The Kier molecular flexibility index (Phi) is 4.94. The second-order valence-electron chi connectivity index (χ2n) is 4.24. The minimum Gasteiger partial charge on any atom is -0.409 e. The van der Waals surface area contributed by atoms with Crippen molar-refractivity contribution < 1.29 is 18.4 Å². The molecule has 4 N–H and O–H groups in total. The van der Waals surface area contributed by atoms with Crippen molar-refractivity contribution >= 4 is 21.6 Å². The Hall–Kier alpha value is -1.31. The second-order valence-corrected chi connectivity index (χ2v) is 6.81. The third-order valence-electron chi connectivity index (χ3n) is 2.66. The highest BCUT2D eigenvalue weighted by Crippen LogP contribution is 2.15. The van der Waals surface area contributed by atoms with Crippen LogP contribution < -0.4 is 11.1 Å². The van der Waals surface area contributed by atoms with Crippen LogP contribution in [-0.2, 0) is 14.6 Å². The van der Waals surface area contributed by atoms with Gasteiger partial charge >= 0.3 is 0 Å². The third-order valence-corrected chi connectivity index (χ3v) is 4.70. The van der Waals surface area contributed by atoms with Gasteiger partial charge in [-0.05, 0) is 20.3 Å². The maximum Gasteiger partial charge on any atom is 0.241 e. The molecule has 1 amide bonds. The Balaban J connectivity index is 4.99. The van der Waals surface area contributed by atoms with Crippen LogP contribution in [-0.4, -0.2) is 42.4 Å². The topological polar surface area (TPSA) is 122 Å². The molecule has 0 spiro atoms. The van der Waals surface area contributed by atoms with Crippen molar-refractivity contribution in [3.8, 4) is 0 Å². The summed E-state index contributed by atoms with van der Waals surface area (Å²) in [5, 5.41) is 13.7. The lowest BCUT2D eigenvalue weighted by Gasteiger charge is -2.24. The van der Waals surface area contributed by atoms with E-state index < -0.39 is 26.5 Å². The van der Waals surface area contributed by atoms with Gasteiger partial charge in [0, 0.05) is 6.26 Å². The van der Waals surface area contributed by atoms with E-state index in [-0.39, 0.29) is 5.84 Å². The number of rotatable bonds is 5. The number of carbonyl (C=O) groups excluding carboxylic acids is 1. The van der Waals surface area contributed by atoms with Crippen LogP contribution >= 0.6 is 0 Å². The number of oxime groups is 1. The van der Waals surface area contributed by atoms with Gasteiger partial charge in [-0.1, -0.05) is 12.1 Å². The van der Waals surface area contributed by atoms with E-state index in [9.17, 15) is 13.2 Å². The molecule has 0 aromatic carbocycles. The first kappa shape index (κ1) is 15.7. The lowest BCUT2D eigenvalue weighted by molar-refractivity contribution is -0.123. The predicted octanol–water partition coefficient (Wildman–Crippen LogP) is -0.549. The zero-order valence-corrected chi connectivity index (χ0v) is 11.2. The Labute approximate surface area is 101 Å². The lowest BCUT2D eigenvalue weighted by atomic mass is 10.1. The van der Waals surface area contributed by atoms with Crippen molar-refractivity contribution in [2.45, 2.75) is 38.0 Å². The highest BCUT2D eigenvalue weighted by Gasteiger charge is 2.39. The summed E-state index contributed by atoms with van der Waals surface area (Å²) in [5.74, 6) is -0.844. The summed E-state index contributed by atoms with van der Waals surface area (Å²) in [5.41, 5.74) is 5.36. The molecule has 8 heteroatoms. The number of nitrogens with zero attached hydrogens (tertiary/aromatic N) is 1. The minimum absolute atomic E-state index is 0.162. The molecule has 17 heavy (non-hydrogen) atoms. The fourth-order valence-electron chi connectivity index (χ4n) is 0.955. The smallest absolute Gasteiger partial charge is 0.241 e. The number of nitrogens with two attached hydrogens (primary N) is 1. The molecule has 0 radical (unpaired) electrons. The predicted molar refractivity (Wildman–Crippen MR) is 64.6 cm³/mol. The first-order valence-electron chi connectivity index (χ1n) is 5.05. The number of amides is 1. The molecule has 100 valence electrons. The van der Waals surface area contributed by atoms with Crippen molar-refractivity contribution in [1.29, 1.82) is 0 Å². The molecule has 0 saturated heterocycles. The number of carbonyl (C=O) groups is 1. The molecule has 0 bridgehead atoms. The second kappa shape index (κ2) is 5.35. The van der Waals surface area contributed by atoms with Crippen molar-refractivity contribution in [1.82, 2.24) is 5.32 Å². The van der Waals surface area contributed by atoms with Crippen LogP contribution in [0.4, 0.5) is 0 Å². The van der Waals surface area contributed by atoms with E-state index in [0.717, 1.165) is 6.26 Å². The number of nitrogens with one attached hydrogen (secondary N) is 1. The molecule has 0 aliphatic carbocycles. The summed E-state index contributed by atoms with van der Waals surface area (Å²) >= 11 is 0. The first-order valence-corrected chi connectivity index (χ1v) is 6.95. The molecule has 0 aromatic heterocycles. The van der Waals surface area contributed by atoms with Crippen LogP contribution in [0.2, 0.25) is 0 Å². The first-order chi connectivity index (χ1) is 7.57. The number of hydrogen-bond donors (Lipinski definition) is 3. The minimum atomic E-state index is -3.54. The van der Waals surface area contributed by atoms with E-state index in [2.05, 4.69) is 10.5 Å². The van der Waals surface area contributed by atoms with E-state index >= 15 is 0 Å². The van der Waals surface area contributed by atoms with E-state index in [1.54, 1.807) is 6.92 Å². The monoisotopic (exact) mass is 265 g/mol. The fraction of sp³-hybridized carbons (Fsp3) is 0.778. The summed E-state index contributed by atoms with van der Waals surface area (Å²) in [6.07, 6.45) is 1.37. The Morgan fingerprint density at radius 1 is 1.53 bits per heavy atom. The van der Waals surface area contributed by atoms with Gasteiger partial charge < -0.3 is 16.3 Å². The zero-order valence-electron chi connectivity index (χ0n) is 10.4. The van der Waals surface area contributed by atoms with Gasteiger partial charge in [-0.15, -0.1) is 0 Å². The number of hydrogen-bond acceptors (Lipinski definition) is 5. The van der Waals surface area contributed by atoms with Crippen molar-refractivity contribution in [2.24, 2.45) is 10.9 Å². The van der Waals surface area contributed by atoms with Crippen LogP contribution in [0.25, 0.3) is 0 Å². The van der Waals surface area contributed by atoms with E-state index in [1.165, 1.54) is 13.8 Å². The van der Waals surface area contributed by atoms with E-state index in [0.29, 0.717) is 6.42 Å². The summed E-state index contributed by atoms with van der Waals surface area (Å²) in [7, 11) is -3.54. The fourth-order valence-corrected chi connectivity index (χ4v) is 1.35. The summed E-state index contributed by atoms with van der Waals surface area (Å²) in [6.45, 7) is 4.32. The van der Waals surface area contributed by atoms with Crippen molar-refractivity contribution in [3.05, 3.63) is 0 Å². The van der Waals surface area contributed by atoms with Crippen LogP contribution in [0.15, 0.2) is 5.16 Å². The normalized spacial score (nSPS) is 15.4. The molecular formula is C9H19N3O4S. The average molecular weight is 265 g/mol. The molecular weight excluding hydrogens is 246 g/mol. The summed E-state index contributed by atoms with van der Waals surface area (Å²) in [4.78, 5) is 11.8. The molecule has 0 aromatic rings. The van der Waals surface area contributed by atoms with Gasteiger partial charge in [0.05, 0.1) is 6.04 Å². The third kappa shape index (κ3) is 3.58. The Morgan fingerprint density at radius 2 is 2.00 bits per heavy atom. The Morgan fingerprint density at radius 3 is 2.29 bits per heavy atom. The quantitative estimate of drug-likeness (QED) is 0.266. The maximum absolute atomic E-state index is 11.8. The van der Waals surface area contributed by atoms with Crippen molar-refractivity contribution in [3.63, 3.8) is 0 Å². The van der Waals surface area contributed by atoms with Crippen LogP contribution in [0, 0.1) is 0 Å². The molecule has 1 atom stereocenters. The molecule has 7 nitrogen and oxygen atoms in total. The summed E-state index contributed by atoms with van der Waals surface area (Å²) < 4.78 is 21.3. The molecule has 0 aliphatic rings. The molecule has 0 fully saturated rings. The lowest BCUT2D eigenvalue weighted by Crippen LogP contribution is -2.53. The van der Waals surface area contributed by atoms with Gasteiger partial charge in [0.1, 0.15) is 4.75 Å². The zero-order chi connectivity index (χ0) is 13.9. The maximum atomic E-state index is 11.8. The standard InChI is InChI=1S/C9H19N3O4S/c1-5-6(7(10)12-14)11-8(13)9(2,3)17(4,15)16/h6,14H,5H2,1-4H3,(H2,10,12)(H,11,13). The van der Waals surface area contributed by atoms with Crippen molar-refractivity contribution in [2.75, 3.05) is 6.26 Å². The molecule has 0 rings (SSSR count). The van der Waals surface area contributed by atoms with E-state index in [4.69, 9.17) is 10.9 Å². The summed E-state index contributed by atoms with van der Waals surface area (Å²) in [6, 6.07) is -0.687. The van der Waals surface area contributed by atoms with Gasteiger partial charge in [0.15, 0.2) is 15.7 Å². The van der Waals surface area contributed by atoms with Gasteiger partial charge in [-0.3, -0.25) is 4.79 Å². The molecule has 0 aliphatic heterocycles. The van der Waals surface area contributed by atoms with Crippen LogP contribution in [0.3, 0.4) is 0 Å². The largest absolute Gasteiger partial charge is 0.409 e. The Bertz CT molecular complexity index is 414. The van der Waals surface area contributed by atoms with Crippen LogP contribution in [0.1, 0.15) is 27.2 Å². The molecule has 0 heterocycles. The highest BCUT2D eigenvalue weighted by molar-refractivity contribution is 7.92. The van der Waals surface area contributed by atoms with Gasteiger partial charge in [0.25, 0.3) is 0 Å². The van der Waals surface area contributed by atoms with Crippen LogP contribution in [0.5, 0.6) is 0 Å². The van der Waals surface area contributed by atoms with Gasteiger partial charge in [-0.2, -0.15) is 0 Å². The highest BCUT2D eigenvalue weighted by atomic mass is 32.2. The number of amidine groups is 1. The number of sulfone groups is 1. The van der Waals surface area contributed by atoms with Gasteiger partial charge in [-0.25, -0.2) is 8.42 Å². The van der Waals surface area contributed by atoms with Gasteiger partial charge in [0.2, 0.25) is 5.91 Å². The molecule has 0 saturated carbocycles. The SMILES string of the molecule is CCC(NC(=O)C(C)(C)S(C)(=O)=O)C(N)=NO. The van der Waals surface area contributed by atoms with E-state index in [1.807, 2.05) is 0 Å². The molecule has 1 unspecified atom stereocenters. The average Bonchev–Trinajstić information content (AvgIpc) is 2.22.